The standard InChI is InChI=1S/C35H46ClF2N3O/c1-10-14-16-27(31-17-18-39-35(40-31)23(5)6)20-32(24(7)12-3)41-25(8)19-33(34(36)26(41)9)42-22-28(15-11-2)30(38)21-29(37)13-4/h12-13,15-21,23,35,40H,9-11,14,22H2,1-8H3/b24-12-,27-16-,28-15+,29-13+,30-21+,32-20+. The van der Waals surface area contributed by atoms with E-state index in [0.717, 1.165) is 47.2 Å². The lowest BCUT2D eigenvalue weighted by Gasteiger charge is -2.34. The van der Waals surface area contributed by atoms with Crippen LogP contribution >= 0.6 is 11.6 Å². The van der Waals surface area contributed by atoms with Crippen LogP contribution in [0.1, 0.15) is 74.7 Å². The first-order valence-corrected chi connectivity index (χ1v) is 15.0. The van der Waals surface area contributed by atoms with Crippen molar-refractivity contribution in [2.24, 2.45) is 10.9 Å². The first kappa shape index (κ1) is 34.8. The zero-order valence-electron chi connectivity index (χ0n) is 26.3. The quantitative estimate of drug-likeness (QED) is 0.215. The van der Waals surface area contributed by atoms with Gasteiger partial charge in [0, 0.05) is 41.0 Å². The third-order valence-corrected chi connectivity index (χ3v) is 7.27. The molecular formula is C35H46ClF2N3O. The van der Waals surface area contributed by atoms with E-state index in [1.165, 1.54) is 13.0 Å². The van der Waals surface area contributed by atoms with Crippen LogP contribution in [0.3, 0.4) is 0 Å². The van der Waals surface area contributed by atoms with Crippen molar-refractivity contribution >= 4 is 17.8 Å². The van der Waals surface area contributed by atoms with E-state index in [4.69, 9.17) is 16.3 Å². The minimum atomic E-state index is -0.683. The fourth-order valence-corrected chi connectivity index (χ4v) is 4.50. The summed E-state index contributed by atoms with van der Waals surface area (Å²) in [5.41, 5.74) is 5.65. The van der Waals surface area contributed by atoms with E-state index < -0.39 is 11.7 Å². The molecule has 0 aromatic carbocycles. The number of hydrogen-bond acceptors (Lipinski definition) is 4. The van der Waals surface area contributed by atoms with Gasteiger partial charge < -0.3 is 15.0 Å². The van der Waals surface area contributed by atoms with Gasteiger partial charge in [-0.05, 0) is 69.8 Å². The van der Waals surface area contributed by atoms with Gasteiger partial charge in [0.25, 0.3) is 0 Å². The Morgan fingerprint density at radius 3 is 2.50 bits per heavy atom. The highest BCUT2D eigenvalue weighted by Crippen LogP contribution is 2.38. The van der Waals surface area contributed by atoms with Crippen LogP contribution in [0, 0.1) is 5.92 Å². The van der Waals surface area contributed by atoms with Crippen LogP contribution in [0.4, 0.5) is 8.78 Å². The second kappa shape index (κ2) is 16.9. The number of nitrogens with one attached hydrogen (secondary N) is 1. The van der Waals surface area contributed by atoms with Gasteiger partial charge in [0.1, 0.15) is 35.2 Å². The number of aliphatic imine (C=N–C) groups is 1. The van der Waals surface area contributed by atoms with Crippen molar-refractivity contribution in [2.45, 2.75) is 80.8 Å². The van der Waals surface area contributed by atoms with Gasteiger partial charge in [-0.2, -0.15) is 0 Å². The Kier molecular flexibility index (Phi) is 14.0. The molecule has 2 heterocycles. The molecule has 1 unspecified atom stereocenters. The number of unbranched alkanes of at least 4 members (excludes halogenated alkanes) is 1. The molecule has 0 amide bonds. The molecule has 0 radical (unpaired) electrons. The van der Waals surface area contributed by atoms with Gasteiger partial charge in [-0.3, -0.25) is 4.99 Å². The van der Waals surface area contributed by atoms with E-state index in [2.05, 4.69) is 62.8 Å². The fraction of sp³-hybridized carbons (Fsp3) is 0.400. The molecule has 1 N–H and O–H groups in total. The number of rotatable bonds is 13. The number of nitrogens with zero attached hydrogens (tertiary/aromatic N) is 2. The molecule has 228 valence electrons. The third kappa shape index (κ3) is 9.32. The van der Waals surface area contributed by atoms with E-state index in [0.29, 0.717) is 28.8 Å². The van der Waals surface area contributed by atoms with Crippen molar-refractivity contribution in [3.05, 3.63) is 117 Å². The molecule has 0 bridgehead atoms. The third-order valence-electron chi connectivity index (χ3n) is 6.87. The Morgan fingerprint density at radius 2 is 1.90 bits per heavy atom. The van der Waals surface area contributed by atoms with Crippen molar-refractivity contribution < 1.29 is 13.5 Å². The largest absolute Gasteiger partial charge is 0.487 e. The predicted molar refractivity (Wildman–Crippen MR) is 175 cm³/mol. The molecular weight excluding hydrogens is 552 g/mol. The Balaban J connectivity index is 2.48. The Hall–Kier alpha value is -3.38. The summed E-state index contributed by atoms with van der Waals surface area (Å²) in [5.74, 6) is -0.617. The van der Waals surface area contributed by atoms with Gasteiger partial charge in [0.2, 0.25) is 0 Å². The van der Waals surface area contributed by atoms with E-state index in [1.54, 1.807) is 6.08 Å². The highest BCUT2D eigenvalue weighted by molar-refractivity contribution is 6.32. The zero-order valence-corrected chi connectivity index (χ0v) is 27.1. The Bertz CT molecular complexity index is 1320. The maximum atomic E-state index is 14.7. The SMILES string of the molecule is C=C1C(Cl)=C(OCC(=C\CC)/C(F)=C\C(F)=C/C)C=C(C)N1C(=C/C(=C/CCC)C1=CC=NC(C(C)C)N1)/C(C)=C\C. The molecule has 2 rings (SSSR count). The molecule has 0 fully saturated rings. The first-order chi connectivity index (χ1) is 20.0. The molecule has 4 nitrogen and oxygen atoms in total. The highest BCUT2D eigenvalue weighted by Gasteiger charge is 2.27. The lowest BCUT2D eigenvalue weighted by atomic mass is 10.0. The maximum Gasteiger partial charge on any atom is 0.142 e. The summed E-state index contributed by atoms with van der Waals surface area (Å²) in [6.45, 7) is 20.0. The molecule has 0 aliphatic carbocycles. The van der Waals surface area contributed by atoms with Gasteiger partial charge >= 0.3 is 0 Å². The minimum absolute atomic E-state index is 0.000762. The number of halogens is 3. The van der Waals surface area contributed by atoms with Gasteiger partial charge in [0.05, 0.1) is 5.70 Å². The topological polar surface area (TPSA) is 36.9 Å². The lowest BCUT2D eigenvalue weighted by Crippen LogP contribution is -2.34. The van der Waals surface area contributed by atoms with Crippen LogP contribution in [-0.4, -0.2) is 23.9 Å². The van der Waals surface area contributed by atoms with Crippen molar-refractivity contribution in [1.82, 2.24) is 10.2 Å². The van der Waals surface area contributed by atoms with Crippen molar-refractivity contribution in [2.75, 3.05) is 6.61 Å². The molecule has 1 atom stereocenters. The highest BCUT2D eigenvalue weighted by atomic mass is 35.5. The first-order valence-electron chi connectivity index (χ1n) is 14.6. The molecule has 0 saturated heterocycles. The zero-order chi connectivity index (χ0) is 31.4. The van der Waals surface area contributed by atoms with Crippen LogP contribution in [0.5, 0.6) is 0 Å². The summed E-state index contributed by atoms with van der Waals surface area (Å²) in [6, 6.07) is 0. The minimum Gasteiger partial charge on any atom is -0.487 e. The molecule has 0 spiro atoms. The maximum absolute atomic E-state index is 14.7. The Labute approximate surface area is 256 Å². The summed E-state index contributed by atoms with van der Waals surface area (Å²) in [5, 5.41) is 3.90. The van der Waals surface area contributed by atoms with E-state index in [9.17, 15) is 8.78 Å². The Morgan fingerprint density at radius 1 is 1.19 bits per heavy atom. The lowest BCUT2D eigenvalue weighted by molar-refractivity contribution is 0.245. The molecule has 42 heavy (non-hydrogen) atoms. The average Bonchev–Trinajstić information content (AvgIpc) is 2.98. The summed E-state index contributed by atoms with van der Waals surface area (Å²) < 4.78 is 34.4. The molecule has 7 heteroatoms. The summed E-state index contributed by atoms with van der Waals surface area (Å²) in [7, 11) is 0. The van der Waals surface area contributed by atoms with Crippen molar-refractivity contribution in [3.8, 4) is 0 Å². The van der Waals surface area contributed by atoms with E-state index >= 15 is 0 Å². The number of hydrogen-bond donors (Lipinski definition) is 1. The second-order valence-corrected chi connectivity index (χ2v) is 10.9. The van der Waals surface area contributed by atoms with Crippen molar-refractivity contribution in [3.63, 3.8) is 0 Å². The van der Waals surface area contributed by atoms with Crippen LogP contribution in [0.15, 0.2) is 122 Å². The van der Waals surface area contributed by atoms with Crippen LogP contribution in [0.25, 0.3) is 0 Å². The fourth-order valence-electron chi connectivity index (χ4n) is 4.31. The van der Waals surface area contributed by atoms with Crippen molar-refractivity contribution in [1.29, 1.82) is 0 Å². The molecule has 0 aromatic heterocycles. The smallest absolute Gasteiger partial charge is 0.142 e. The molecule has 2 aliphatic rings. The second-order valence-electron chi connectivity index (χ2n) is 10.5. The van der Waals surface area contributed by atoms with Gasteiger partial charge in [-0.1, -0.05) is 76.6 Å². The average molecular weight is 598 g/mol. The van der Waals surface area contributed by atoms with E-state index in [1.807, 2.05) is 44.0 Å². The summed E-state index contributed by atoms with van der Waals surface area (Å²) >= 11 is 6.82. The predicted octanol–water partition coefficient (Wildman–Crippen LogP) is 10.4. The summed E-state index contributed by atoms with van der Waals surface area (Å²) in [6.07, 6.45) is 18.4. The normalized spacial score (nSPS) is 19.9. The van der Waals surface area contributed by atoms with Crippen LogP contribution < -0.4 is 5.32 Å². The van der Waals surface area contributed by atoms with Gasteiger partial charge in [-0.15, -0.1) is 0 Å². The van der Waals surface area contributed by atoms with Gasteiger partial charge in [0.15, 0.2) is 0 Å². The van der Waals surface area contributed by atoms with Crippen LogP contribution in [0.2, 0.25) is 0 Å². The van der Waals surface area contributed by atoms with Crippen LogP contribution in [-0.2, 0) is 4.74 Å². The number of allylic oxidation sites excluding steroid dienone is 12. The molecule has 0 saturated carbocycles. The summed E-state index contributed by atoms with van der Waals surface area (Å²) in [4.78, 5) is 6.59. The van der Waals surface area contributed by atoms with E-state index in [-0.39, 0.29) is 18.3 Å². The molecule has 0 aromatic rings. The monoisotopic (exact) mass is 597 g/mol. The number of ether oxygens (including phenoxy) is 1. The molecule has 2 aliphatic heterocycles. The van der Waals surface area contributed by atoms with Gasteiger partial charge in [-0.25, -0.2) is 8.78 Å².